The molecule has 136 valence electrons. The lowest BCUT2D eigenvalue weighted by Gasteiger charge is -2.32. The van der Waals surface area contributed by atoms with Gasteiger partial charge in [-0.15, -0.1) is 0 Å². The zero-order valence-corrected chi connectivity index (χ0v) is 16.2. The van der Waals surface area contributed by atoms with Gasteiger partial charge in [-0.1, -0.05) is 64.5 Å². The van der Waals surface area contributed by atoms with Gasteiger partial charge >= 0.3 is 6.09 Å². The number of amides is 1. The van der Waals surface area contributed by atoms with Gasteiger partial charge in [-0.2, -0.15) is 0 Å². The fourth-order valence-corrected chi connectivity index (χ4v) is 4.53. The molecule has 1 aliphatic carbocycles. The molecule has 3 atom stereocenters. The molecule has 4 rings (SSSR count). The van der Waals surface area contributed by atoms with Crippen LogP contribution in [0.2, 0.25) is 0 Å². The fraction of sp³-hybridized carbons (Fsp3) is 0.381. The van der Waals surface area contributed by atoms with Gasteiger partial charge in [-0.3, -0.25) is 0 Å². The molecule has 3 unspecified atom stereocenters. The van der Waals surface area contributed by atoms with Crippen LogP contribution in [0.1, 0.15) is 36.8 Å². The highest BCUT2D eigenvalue weighted by atomic mass is 79.9. The van der Waals surface area contributed by atoms with Crippen molar-refractivity contribution in [1.29, 1.82) is 0 Å². The number of nitrogens with one attached hydrogen (secondary N) is 1. The Labute approximate surface area is 162 Å². The van der Waals surface area contributed by atoms with E-state index in [1.54, 1.807) is 0 Å². The number of alkyl halides is 1. The zero-order valence-electron chi connectivity index (χ0n) is 14.7. The summed E-state index contributed by atoms with van der Waals surface area (Å²) in [6.45, 7) is 2.31. The number of hydrogen-bond acceptors (Lipinski definition) is 3. The van der Waals surface area contributed by atoms with Gasteiger partial charge in [0.1, 0.15) is 11.6 Å². The lowest BCUT2D eigenvalue weighted by atomic mass is 9.98. The summed E-state index contributed by atoms with van der Waals surface area (Å²) in [5, 5.41) is 3.02. The Morgan fingerprint density at radius 1 is 1.12 bits per heavy atom. The maximum Gasteiger partial charge on any atom is 0.407 e. The van der Waals surface area contributed by atoms with E-state index in [-0.39, 0.29) is 29.2 Å². The normalized spacial score (nSPS) is 24.6. The van der Waals surface area contributed by atoms with Crippen molar-refractivity contribution in [3.05, 3.63) is 59.7 Å². The average molecular weight is 416 g/mol. The van der Waals surface area contributed by atoms with Crippen LogP contribution in [0, 0.1) is 0 Å². The molecule has 0 bridgehead atoms. The summed E-state index contributed by atoms with van der Waals surface area (Å²) in [5.74, 6) is 0.0834. The highest BCUT2D eigenvalue weighted by Gasteiger charge is 2.31. The van der Waals surface area contributed by atoms with Crippen molar-refractivity contribution >= 4 is 22.0 Å². The van der Waals surface area contributed by atoms with Gasteiger partial charge in [-0.05, 0) is 42.0 Å². The molecule has 5 heteroatoms. The Kier molecular flexibility index (Phi) is 5.00. The van der Waals surface area contributed by atoms with E-state index in [9.17, 15) is 4.79 Å². The van der Waals surface area contributed by atoms with Gasteiger partial charge in [0.15, 0.2) is 0 Å². The summed E-state index contributed by atoms with van der Waals surface area (Å²) in [7, 11) is 0. The van der Waals surface area contributed by atoms with E-state index in [2.05, 4.69) is 45.5 Å². The third-order valence-corrected chi connectivity index (χ3v) is 5.95. The molecular formula is C21H22BrNO3. The lowest BCUT2D eigenvalue weighted by molar-refractivity contribution is -0.0124. The minimum Gasteiger partial charge on any atom is -0.449 e. The van der Waals surface area contributed by atoms with E-state index < -0.39 is 0 Å². The standard InChI is InChI=1S/C21H22BrNO3/c1-13-19(10-11-20(22)26-13)23-21(24)25-12-18-16-8-4-2-6-14(16)15-7-3-5-9-17(15)18/h2-9,13,18-20H,10-12H2,1H3,(H,23,24). The topological polar surface area (TPSA) is 47.6 Å². The van der Waals surface area contributed by atoms with Crippen molar-refractivity contribution in [2.24, 2.45) is 0 Å². The molecule has 2 aliphatic rings. The minimum absolute atomic E-state index is 0.0144. The van der Waals surface area contributed by atoms with Gasteiger partial charge in [0.2, 0.25) is 0 Å². The highest BCUT2D eigenvalue weighted by molar-refractivity contribution is 9.09. The first kappa shape index (κ1) is 17.6. The van der Waals surface area contributed by atoms with Gasteiger partial charge in [0.05, 0.1) is 12.1 Å². The van der Waals surface area contributed by atoms with Crippen molar-refractivity contribution in [1.82, 2.24) is 5.32 Å². The smallest absolute Gasteiger partial charge is 0.407 e. The van der Waals surface area contributed by atoms with E-state index in [4.69, 9.17) is 9.47 Å². The number of halogens is 1. The van der Waals surface area contributed by atoms with Crippen LogP contribution in [-0.4, -0.2) is 29.9 Å². The van der Waals surface area contributed by atoms with Crippen LogP contribution in [0.15, 0.2) is 48.5 Å². The van der Waals surface area contributed by atoms with E-state index in [1.165, 1.54) is 22.3 Å². The summed E-state index contributed by atoms with van der Waals surface area (Å²) in [4.78, 5) is 12.3. The summed E-state index contributed by atoms with van der Waals surface area (Å²) in [6.07, 6.45) is 1.34. The number of hydrogen-bond donors (Lipinski definition) is 1. The van der Waals surface area contributed by atoms with Gasteiger partial charge in [0, 0.05) is 5.92 Å². The molecule has 2 aromatic carbocycles. The lowest BCUT2D eigenvalue weighted by Crippen LogP contribution is -2.47. The Hall–Kier alpha value is -1.85. The van der Waals surface area contributed by atoms with Crippen LogP contribution < -0.4 is 5.32 Å². The van der Waals surface area contributed by atoms with Gasteiger partial charge < -0.3 is 14.8 Å². The first-order chi connectivity index (χ1) is 12.6. The Bertz CT molecular complexity index is 764. The Morgan fingerprint density at radius 3 is 2.35 bits per heavy atom. The fourth-order valence-electron chi connectivity index (χ4n) is 3.92. The first-order valence-electron chi connectivity index (χ1n) is 9.04. The van der Waals surface area contributed by atoms with E-state index >= 15 is 0 Å². The molecule has 0 aromatic heterocycles. The van der Waals surface area contributed by atoms with Crippen molar-refractivity contribution in [2.45, 2.75) is 42.8 Å². The summed E-state index contributed by atoms with van der Waals surface area (Å²) < 4.78 is 11.3. The van der Waals surface area contributed by atoms with E-state index in [1.807, 2.05) is 31.2 Å². The predicted octanol–water partition coefficient (Wildman–Crippen LogP) is 4.81. The molecule has 1 aliphatic heterocycles. The second-order valence-electron chi connectivity index (χ2n) is 6.90. The monoisotopic (exact) mass is 415 g/mol. The van der Waals surface area contributed by atoms with Crippen LogP contribution in [-0.2, 0) is 9.47 Å². The number of carbonyl (C=O) groups is 1. The molecule has 4 nitrogen and oxygen atoms in total. The number of rotatable bonds is 3. The highest BCUT2D eigenvalue weighted by Crippen LogP contribution is 2.44. The number of benzene rings is 2. The first-order valence-corrected chi connectivity index (χ1v) is 9.96. The second-order valence-corrected chi connectivity index (χ2v) is 7.93. The van der Waals surface area contributed by atoms with Gasteiger partial charge in [0.25, 0.3) is 0 Å². The van der Waals surface area contributed by atoms with Crippen LogP contribution in [0.3, 0.4) is 0 Å². The quantitative estimate of drug-likeness (QED) is 0.731. The van der Waals surface area contributed by atoms with E-state index in [0.717, 1.165) is 12.8 Å². The largest absolute Gasteiger partial charge is 0.449 e. The molecule has 1 saturated heterocycles. The predicted molar refractivity (Wildman–Crippen MR) is 104 cm³/mol. The maximum absolute atomic E-state index is 12.3. The van der Waals surface area contributed by atoms with Crippen LogP contribution in [0.5, 0.6) is 0 Å². The molecular weight excluding hydrogens is 394 g/mol. The van der Waals surface area contributed by atoms with Crippen molar-refractivity contribution in [3.63, 3.8) is 0 Å². The number of carbonyl (C=O) groups excluding carboxylic acids is 1. The SMILES string of the molecule is CC1OC(Br)CCC1NC(=O)OCC1c2ccccc2-c2ccccc21. The van der Waals surface area contributed by atoms with Crippen LogP contribution >= 0.6 is 15.9 Å². The molecule has 1 amide bonds. The van der Waals surface area contributed by atoms with Crippen LogP contribution in [0.25, 0.3) is 11.1 Å². The average Bonchev–Trinajstić information content (AvgIpc) is 2.96. The molecule has 1 fully saturated rings. The van der Waals surface area contributed by atoms with Crippen molar-refractivity contribution in [2.75, 3.05) is 6.61 Å². The van der Waals surface area contributed by atoms with Gasteiger partial charge in [-0.25, -0.2) is 4.79 Å². The van der Waals surface area contributed by atoms with Crippen molar-refractivity contribution < 1.29 is 14.3 Å². The Morgan fingerprint density at radius 2 is 1.73 bits per heavy atom. The Balaban J connectivity index is 1.42. The molecule has 1 N–H and O–H groups in total. The van der Waals surface area contributed by atoms with E-state index in [0.29, 0.717) is 6.61 Å². The number of alkyl carbamates (subject to hydrolysis) is 1. The molecule has 2 aromatic rings. The molecule has 0 radical (unpaired) electrons. The molecule has 0 spiro atoms. The van der Waals surface area contributed by atoms with Crippen LogP contribution in [0.4, 0.5) is 4.79 Å². The summed E-state index contributed by atoms with van der Waals surface area (Å²) >= 11 is 3.46. The van der Waals surface area contributed by atoms with Crippen molar-refractivity contribution in [3.8, 4) is 11.1 Å². The zero-order chi connectivity index (χ0) is 18.1. The summed E-state index contributed by atoms with van der Waals surface area (Å²) in [6, 6.07) is 16.7. The number of fused-ring (bicyclic) bond motifs is 3. The molecule has 0 saturated carbocycles. The second kappa shape index (κ2) is 7.41. The maximum atomic E-state index is 12.3. The molecule has 26 heavy (non-hydrogen) atoms. The minimum atomic E-state index is -0.375. The third-order valence-electron chi connectivity index (χ3n) is 5.28. The molecule has 1 heterocycles. The third kappa shape index (κ3) is 3.38. The number of ether oxygens (including phenoxy) is 2. The summed E-state index contributed by atoms with van der Waals surface area (Å²) in [5.41, 5.74) is 4.90.